The van der Waals surface area contributed by atoms with Crippen molar-refractivity contribution in [2.24, 2.45) is 11.8 Å². The number of piperidine rings is 1. The van der Waals surface area contributed by atoms with Crippen molar-refractivity contribution < 1.29 is 19.1 Å². The lowest BCUT2D eigenvalue weighted by atomic mass is 9.88. The summed E-state index contributed by atoms with van der Waals surface area (Å²) >= 11 is 3.50. The van der Waals surface area contributed by atoms with Crippen molar-refractivity contribution in [2.75, 3.05) is 0 Å². The molecule has 1 saturated carbocycles. The number of ketones is 1. The van der Waals surface area contributed by atoms with Crippen LogP contribution in [0.1, 0.15) is 57.6 Å². The van der Waals surface area contributed by atoms with Crippen LogP contribution in [0, 0.1) is 23.2 Å². The van der Waals surface area contributed by atoms with Gasteiger partial charge in [0.2, 0.25) is 0 Å². The highest BCUT2D eigenvalue weighted by Gasteiger charge is 2.52. The van der Waals surface area contributed by atoms with Gasteiger partial charge >= 0.3 is 6.09 Å². The molecule has 1 heterocycles. The number of nitrogens with zero attached hydrogens (tertiary/aromatic N) is 2. The Balaban J connectivity index is 1.45. The molecule has 1 saturated heterocycles. The van der Waals surface area contributed by atoms with E-state index in [9.17, 15) is 14.9 Å². The first-order valence-electron chi connectivity index (χ1n) is 12.5. The highest BCUT2D eigenvalue weighted by Crippen LogP contribution is 2.44. The number of benzene rings is 2. The molecule has 1 aliphatic carbocycles. The SMILES string of the molecule is CC(C)(C)OC(=O)N1[C@@H]2CC[C@@H](C2)[C@H]1C(=O)CC(C#N)Cc1ccc(Br)cc1OCc1ccccc1. The Bertz CT molecular complexity index is 1140. The van der Waals surface area contributed by atoms with Crippen LogP contribution in [0.4, 0.5) is 4.79 Å². The molecule has 0 aromatic heterocycles. The molecule has 2 bridgehead atoms. The third-order valence-electron chi connectivity index (χ3n) is 6.88. The third kappa shape index (κ3) is 6.28. The van der Waals surface area contributed by atoms with Gasteiger partial charge in [-0.15, -0.1) is 0 Å². The Hall–Kier alpha value is -2.85. The van der Waals surface area contributed by atoms with Crippen molar-refractivity contribution in [1.82, 2.24) is 4.90 Å². The van der Waals surface area contributed by atoms with E-state index in [4.69, 9.17) is 9.47 Å². The van der Waals surface area contributed by atoms with Crippen LogP contribution < -0.4 is 4.74 Å². The summed E-state index contributed by atoms with van der Waals surface area (Å²) in [5, 5.41) is 9.93. The molecule has 36 heavy (non-hydrogen) atoms. The average Bonchev–Trinajstić information content (AvgIpc) is 3.45. The monoisotopic (exact) mass is 552 g/mol. The summed E-state index contributed by atoms with van der Waals surface area (Å²) in [7, 11) is 0. The van der Waals surface area contributed by atoms with Gasteiger partial charge in [-0.2, -0.15) is 5.26 Å². The minimum Gasteiger partial charge on any atom is -0.489 e. The lowest BCUT2D eigenvalue weighted by Crippen LogP contribution is -2.51. The van der Waals surface area contributed by atoms with Gasteiger partial charge in [-0.1, -0.05) is 52.3 Å². The highest BCUT2D eigenvalue weighted by atomic mass is 79.9. The summed E-state index contributed by atoms with van der Waals surface area (Å²) in [6.45, 7) is 5.91. The predicted octanol–water partition coefficient (Wildman–Crippen LogP) is 6.46. The number of ether oxygens (including phenoxy) is 2. The number of carbonyl (C=O) groups excluding carboxylic acids is 2. The molecule has 1 aliphatic heterocycles. The van der Waals surface area contributed by atoms with E-state index in [1.165, 1.54) is 0 Å². The van der Waals surface area contributed by atoms with Crippen molar-refractivity contribution in [3.8, 4) is 11.8 Å². The lowest BCUT2D eigenvalue weighted by Gasteiger charge is -2.35. The molecule has 2 aromatic rings. The largest absolute Gasteiger partial charge is 0.489 e. The van der Waals surface area contributed by atoms with Crippen molar-refractivity contribution in [2.45, 2.75) is 77.2 Å². The molecule has 2 aliphatic rings. The topological polar surface area (TPSA) is 79.6 Å². The van der Waals surface area contributed by atoms with E-state index >= 15 is 0 Å². The fourth-order valence-corrected chi connectivity index (χ4v) is 5.68. The number of nitriles is 1. The highest BCUT2D eigenvalue weighted by molar-refractivity contribution is 9.10. The Morgan fingerprint density at radius 1 is 1.17 bits per heavy atom. The Morgan fingerprint density at radius 3 is 2.61 bits per heavy atom. The van der Waals surface area contributed by atoms with Crippen LogP contribution in [0.3, 0.4) is 0 Å². The summed E-state index contributed by atoms with van der Waals surface area (Å²) in [6, 6.07) is 17.5. The van der Waals surface area contributed by atoms with Gasteiger partial charge in [0, 0.05) is 16.9 Å². The normalized spacial score (nSPS) is 21.6. The summed E-state index contributed by atoms with van der Waals surface area (Å²) in [6.07, 6.45) is 2.73. The molecule has 1 unspecified atom stereocenters. The maximum absolute atomic E-state index is 13.5. The van der Waals surface area contributed by atoms with Gasteiger partial charge in [0.05, 0.1) is 18.0 Å². The number of hydrogen-bond donors (Lipinski definition) is 0. The van der Waals surface area contributed by atoms with Gasteiger partial charge < -0.3 is 9.47 Å². The molecule has 0 spiro atoms. The van der Waals surface area contributed by atoms with E-state index in [-0.39, 0.29) is 24.2 Å². The smallest absolute Gasteiger partial charge is 0.411 e. The van der Waals surface area contributed by atoms with Gasteiger partial charge in [-0.3, -0.25) is 9.69 Å². The molecule has 6 nitrogen and oxygen atoms in total. The second-order valence-corrected chi connectivity index (χ2v) is 11.7. The predicted molar refractivity (Wildman–Crippen MR) is 140 cm³/mol. The van der Waals surface area contributed by atoms with Gasteiger partial charge in [0.15, 0.2) is 5.78 Å². The second-order valence-electron chi connectivity index (χ2n) is 10.8. The molecule has 0 radical (unpaired) electrons. The summed E-state index contributed by atoms with van der Waals surface area (Å²) in [5.74, 6) is 0.267. The molecule has 4 atom stereocenters. The zero-order valence-electron chi connectivity index (χ0n) is 21.1. The van der Waals surface area contributed by atoms with E-state index in [2.05, 4.69) is 22.0 Å². The average molecular weight is 553 g/mol. The van der Waals surface area contributed by atoms with Crippen LogP contribution in [-0.2, 0) is 22.6 Å². The summed E-state index contributed by atoms with van der Waals surface area (Å²) in [5.41, 5.74) is 1.30. The molecular weight excluding hydrogens is 520 g/mol. The first-order valence-corrected chi connectivity index (χ1v) is 13.3. The molecule has 7 heteroatoms. The number of Topliss-reactive ketones (excluding diaryl/α,β-unsaturated/α-hetero) is 1. The zero-order chi connectivity index (χ0) is 25.9. The molecule has 4 rings (SSSR count). The molecule has 2 aromatic carbocycles. The van der Waals surface area contributed by atoms with Crippen molar-refractivity contribution in [3.05, 3.63) is 64.1 Å². The standard InChI is InChI=1S/C29H33BrN2O4/c1-29(2,3)36-28(34)32-24-12-10-22(15-24)27(32)25(33)14-20(17-31)13-21-9-11-23(30)16-26(21)35-18-19-7-5-4-6-8-19/h4-9,11,16,20,22,24,27H,10,12-15,18H2,1-3H3/t20?,22-,24+,27-/m0/s1. The Kier molecular flexibility index (Phi) is 8.04. The van der Waals surface area contributed by atoms with Gasteiger partial charge in [0.25, 0.3) is 0 Å². The van der Waals surface area contributed by atoms with E-state index < -0.39 is 23.7 Å². The first kappa shape index (κ1) is 26.2. The summed E-state index contributed by atoms with van der Waals surface area (Å²) < 4.78 is 12.6. The molecule has 190 valence electrons. The number of fused-ring (bicyclic) bond motifs is 2. The van der Waals surface area contributed by atoms with Crippen LogP contribution in [0.2, 0.25) is 0 Å². The number of halogens is 1. The summed E-state index contributed by atoms with van der Waals surface area (Å²) in [4.78, 5) is 28.1. The third-order valence-corrected chi connectivity index (χ3v) is 7.38. The maximum atomic E-state index is 13.5. The van der Waals surface area contributed by atoms with Crippen molar-refractivity contribution in [1.29, 1.82) is 5.26 Å². The number of amides is 1. The van der Waals surface area contributed by atoms with Crippen molar-refractivity contribution >= 4 is 27.8 Å². The minimum atomic E-state index is -0.626. The number of likely N-dealkylation sites (tertiary alicyclic amines) is 1. The Morgan fingerprint density at radius 2 is 1.92 bits per heavy atom. The van der Waals surface area contributed by atoms with E-state index in [1.807, 2.05) is 69.3 Å². The van der Waals surface area contributed by atoms with Crippen LogP contribution in [0.15, 0.2) is 53.0 Å². The van der Waals surface area contributed by atoms with Gasteiger partial charge in [0.1, 0.15) is 18.0 Å². The fourth-order valence-electron chi connectivity index (χ4n) is 5.34. The van der Waals surface area contributed by atoms with Crippen LogP contribution >= 0.6 is 15.9 Å². The Labute approximate surface area is 221 Å². The second kappa shape index (κ2) is 11.0. The van der Waals surface area contributed by atoms with Crippen LogP contribution in [0.25, 0.3) is 0 Å². The molecule has 1 amide bonds. The van der Waals surface area contributed by atoms with Crippen LogP contribution in [-0.4, -0.2) is 34.5 Å². The maximum Gasteiger partial charge on any atom is 0.411 e. The quantitative estimate of drug-likeness (QED) is 0.375. The number of carbonyl (C=O) groups is 2. The lowest BCUT2D eigenvalue weighted by molar-refractivity contribution is -0.126. The van der Waals surface area contributed by atoms with Crippen molar-refractivity contribution in [3.63, 3.8) is 0 Å². The van der Waals surface area contributed by atoms with Crippen LogP contribution in [0.5, 0.6) is 5.75 Å². The van der Waals surface area contributed by atoms with Gasteiger partial charge in [-0.05, 0) is 75.6 Å². The minimum absolute atomic E-state index is 0.0452. The zero-order valence-corrected chi connectivity index (χ0v) is 22.7. The fraction of sp³-hybridized carbons (Fsp3) is 0.483. The van der Waals surface area contributed by atoms with Gasteiger partial charge in [-0.25, -0.2) is 4.79 Å². The first-order chi connectivity index (χ1) is 17.1. The van der Waals surface area contributed by atoms with E-state index in [0.717, 1.165) is 34.9 Å². The molecule has 2 fully saturated rings. The molecular formula is C29H33BrN2O4. The number of hydrogen-bond acceptors (Lipinski definition) is 5. The number of rotatable bonds is 8. The van der Waals surface area contributed by atoms with E-state index in [0.29, 0.717) is 18.8 Å². The van der Waals surface area contributed by atoms with E-state index in [1.54, 1.807) is 4.90 Å². The molecule has 0 N–H and O–H groups in total.